The molecule has 29 heavy (non-hydrogen) atoms. The van der Waals surface area contributed by atoms with E-state index in [1.807, 2.05) is 6.92 Å². The summed E-state index contributed by atoms with van der Waals surface area (Å²) >= 11 is 0. The van der Waals surface area contributed by atoms with E-state index in [0.29, 0.717) is 6.42 Å². The second kappa shape index (κ2) is 8.93. The third kappa shape index (κ3) is 5.43. The number of rotatable bonds is 10. The highest BCUT2D eigenvalue weighted by Gasteiger charge is 2.46. The fourth-order valence-electron chi connectivity index (χ4n) is 3.35. The van der Waals surface area contributed by atoms with Crippen molar-refractivity contribution in [1.82, 2.24) is 4.90 Å². The smallest absolute Gasteiger partial charge is 0.326 e. The van der Waals surface area contributed by atoms with Crippen molar-refractivity contribution in [3.8, 4) is 0 Å². The molecular formula is C19H31NO8S. The highest BCUT2D eigenvalue weighted by atomic mass is 32.2. The molecule has 0 radical (unpaired) electrons. The van der Waals surface area contributed by atoms with E-state index in [4.69, 9.17) is 4.74 Å². The monoisotopic (exact) mass is 433 g/mol. The Morgan fingerprint density at radius 3 is 2.03 bits per heavy atom. The van der Waals surface area contributed by atoms with Gasteiger partial charge in [-0.3, -0.25) is 23.8 Å². The van der Waals surface area contributed by atoms with Crippen LogP contribution in [-0.4, -0.2) is 65.8 Å². The van der Waals surface area contributed by atoms with E-state index in [2.05, 4.69) is 4.74 Å². The summed E-state index contributed by atoms with van der Waals surface area (Å²) < 4.78 is 43.6. The Hall–Kier alpha value is -1.78. The van der Waals surface area contributed by atoms with Crippen molar-refractivity contribution < 1.29 is 36.8 Å². The number of carbonyl (C=O) groups excluding carboxylic acids is 3. The fourth-order valence-corrected chi connectivity index (χ4v) is 4.47. The first kappa shape index (κ1) is 25.3. The maximum atomic E-state index is 12.1. The van der Waals surface area contributed by atoms with Crippen molar-refractivity contribution in [1.29, 1.82) is 0 Å². The molecular weight excluding hydrogens is 402 g/mol. The molecule has 4 atom stereocenters. The lowest BCUT2D eigenvalue weighted by molar-refractivity contribution is -0.155. The van der Waals surface area contributed by atoms with Gasteiger partial charge in [-0.1, -0.05) is 20.8 Å². The first-order valence-corrected chi connectivity index (χ1v) is 10.9. The number of esters is 1. The summed E-state index contributed by atoms with van der Waals surface area (Å²) in [7, 11) is -3.65. The Kier molecular flexibility index (Phi) is 7.78. The van der Waals surface area contributed by atoms with Gasteiger partial charge in [0.15, 0.2) is 5.25 Å². The zero-order valence-electron chi connectivity index (χ0n) is 18.0. The zero-order valence-corrected chi connectivity index (χ0v) is 18.8. The van der Waals surface area contributed by atoms with Gasteiger partial charge >= 0.3 is 5.97 Å². The van der Waals surface area contributed by atoms with Gasteiger partial charge in [0.05, 0.1) is 24.9 Å². The van der Waals surface area contributed by atoms with Gasteiger partial charge in [-0.15, -0.1) is 0 Å². The van der Waals surface area contributed by atoms with E-state index < -0.39 is 56.1 Å². The van der Waals surface area contributed by atoms with Crippen molar-refractivity contribution in [2.24, 2.45) is 11.8 Å². The fraction of sp³-hybridized carbons (Fsp3) is 0.737. The van der Waals surface area contributed by atoms with Crippen LogP contribution in [0.4, 0.5) is 0 Å². The molecule has 1 heterocycles. The molecule has 1 aliphatic rings. The minimum atomic E-state index is -4.69. The second-order valence-electron chi connectivity index (χ2n) is 8.19. The summed E-state index contributed by atoms with van der Waals surface area (Å²) in [5, 5.41) is -1.76. The average Bonchev–Trinajstić information content (AvgIpc) is 2.96. The zero-order chi connectivity index (χ0) is 22.8. The summed E-state index contributed by atoms with van der Waals surface area (Å²) in [6, 6.07) is 0. The summed E-state index contributed by atoms with van der Waals surface area (Å²) in [5.74, 6) is -3.24. The maximum absolute atomic E-state index is 12.1. The van der Waals surface area contributed by atoms with Crippen molar-refractivity contribution >= 4 is 27.9 Å². The Morgan fingerprint density at radius 1 is 1.17 bits per heavy atom. The van der Waals surface area contributed by atoms with Crippen molar-refractivity contribution in [2.75, 3.05) is 13.7 Å². The van der Waals surface area contributed by atoms with Crippen LogP contribution in [0.3, 0.4) is 0 Å². The number of hydrogen-bond donors (Lipinski definition) is 1. The number of carbonyl (C=O) groups is 3. The van der Waals surface area contributed by atoms with Crippen LogP contribution < -0.4 is 0 Å². The first-order valence-electron chi connectivity index (χ1n) is 9.36. The molecule has 4 unspecified atom stereocenters. The highest BCUT2D eigenvalue weighted by Crippen LogP contribution is 2.34. The number of imide groups is 1. The van der Waals surface area contributed by atoms with Crippen LogP contribution in [0.1, 0.15) is 48.0 Å². The predicted molar refractivity (Wildman–Crippen MR) is 105 cm³/mol. The summed E-state index contributed by atoms with van der Waals surface area (Å²) in [6.45, 7) is 10.2. The largest absolute Gasteiger partial charge is 0.468 e. The van der Waals surface area contributed by atoms with Gasteiger partial charge < -0.3 is 9.47 Å². The second-order valence-corrected chi connectivity index (χ2v) is 9.73. The number of nitrogens with zero attached hydrogens (tertiary/aromatic N) is 1. The van der Waals surface area contributed by atoms with Gasteiger partial charge in [0.25, 0.3) is 21.9 Å². The lowest BCUT2D eigenvalue weighted by Crippen LogP contribution is -2.55. The van der Waals surface area contributed by atoms with Crippen molar-refractivity contribution in [3.63, 3.8) is 0 Å². The average molecular weight is 434 g/mol. The van der Waals surface area contributed by atoms with Gasteiger partial charge in [0, 0.05) is 12.2 Å². The molecule has 0 aromatic heterocycles. The molecule has 166 valence electrons. The van der Waals surface area contributed by atoms with Gasteiger partial charge in [0.2, 0.25) is 0 Å². The maximum Gasteiger partial charge on any atom is 0.326 e. The molecule has 1 aliphatic heterocycles. The molecule has 0 aromatic carbocycles. The number of ether oxygens (including phenoxy) is 2. The molecule has 10 heteroatoms. The molecule has 0 saturated heterocycles. The molecule has 0 spiro atoms. The lowest BCUT2D eigenvalue weighted by Gasteiger charge is -2.42. The Balaban J connectivity index is 3.04. The third-order valence-electron chi connectivity index (χ3n) is 5.98. The van der Waals surface area contributed by atoms with E-state index in [-0.39, 0.29) is 6.61 Å². The number of amides is 2. The van der Waals surface area contributed by atoms with Crippen molar-refractivity contribution in [2.45, 2.75) is 64.4 Å². The third-order valence-corrected chi connectivity index (χ3v) is 7.25. The van der Waals surface area contributed by atoms with E-state index in [0.717, 1.165) is 12.0 Å². The Bertz CT molecular complexity index is 770. The minimum Gasteiger partial charge on any atom is -0.468 e. The SMILES string of the molecule is CCC(C)(COC(C)(C)C(C)C(C)C(C(=O)OC)S(=O)(=O)O)N1C(=O)C=CC1=O. The summed E-state index contributed by atoms with van der Waals surface area (Å²) in [4.78, 5) is 37.3. The van der Waals surface area contributed by atoms with Crippen LogP contribution >= 0.6 is 0 Å². The topological polar surface area (TPSA) is 127 Å². The van der Waals surface area contributed by atoms with Crippen LogP contribution in [0.25, 0.3) is 0 Å². The molecule has 0 aromatic rings. The van der Waals surface area contributed by atoms with E-state index in [9.17, 15) is 27.4 Å². The minimum absolute atomic E-state index is 0.0154. The van der Waals surface area contributed by atoms with Crippen LogP contribution in [0, 0.1) is 11.8 Å². The van der Waals surface area contributed by atoms with Gasteiger partial charge in [0.1, 0.15) is 0 Å². The molecule has 2 amide bonds. The number of hydrogen-bond acceptors (Lipinski definition) is 7. The Morgan fingerprint density at radius 2 is 1.66 bits per heavy atom. The standard InChI is InChI=1S/C19H31NO8S/c1-8-19(6,20-14(21)9-10-15(20)22)11-28-18(4,5)13(3)12(2)16(17(23)27-7)29(24,25)26/h9-10,12-13,16H,8,11H2,1-7H3,(H,24,25,26). The molecule has 0 bridgehead atoms. The van der Waals surface area contributed by atoms with Crippen LogP contribution in [0.2, 0.25) is 0 Å². The number of methoxy groups -OCH3 is 1. The summed E-state index contributed by atoms with van der Waals surface area (Å²) in [6.07, 6.45) is 2.86. The van der Waals surface area contributed by atoms with Crippen LogP contribution in [-0.2, 0) is 34.0 Å². The molecule has 9 nitrogen and oxygen atoms in total. The Labute approximate surface area is 172 Å². The quantitative estimate of drug-likeness (QED) is 0.312. The normalized spacial score (nSPS) is 20.3. The first-order chi connectivity index (χ1) is 13.1. The van der Waals surface area contributed by atoms with Crippen LogP contribution in [0.15, 0.2) is 12.2 Å². The summed E-state index contributed by atoms with van der Waals surface area (Å²) in [5.41, 5.74) is -1.85. The van der Waals surface area contributed by atoms with E-state index >= 15 is 0 Å². The molecule has 1 N–H and O–H groups in total. The van der Waals surface area contributed by atoms with E-state index in [1.165, 1.54) is 19.1 Å². The van der Waals surface area contributed by atoms with Gasteiger partial charge in [-0.05, 0) is 39.0 Å². The lowest BCUT2D eigenvalue weighted by atomic mass is 9.80. The molecule has 0 saturated carbocycles. The van der Waals surface area contributed by atoms with Gasteiger partial charge in [-0.25, -0.2) is 0 Å². The highest BCUT2D eigenvalue weighted by molar-refractivity contribution is 7.87. The predicted octanol–water partition coefficient (Wildman–Crippen LogP) is 1.58. The van der Waals surface area contributed by atoms with E-state index in [1.54, 1.807) is 27.7 Å². The molecule has 1 rings (SSSR count). The molecule has 0 aliphatic carbocycles. The van der Waals surface area contributed by atoms with Gasteiger partial charge in [-0.2, -0.15) is 8.42 Å². The van der Waals surface area contributed by atoms with Crippen LogP contribution in [0.5, 0.6) is 0 Å². The van der Waals surface area contributed by atoms with Crippen molar-refractivity contribution in [3.05, 3.63) is 12.2 Å². The molecule has 0 fully saturated rings.